The fourth-order valence-electron chi connectivity index (χ4n) is 2.12. The van der Waals surface area contributed by atoms with E-state index < -0.39 is 0 Å². The molecule has 0 saturated heterocycles. The van der Waals surface area contributed by atoms with E-state index in [9.17, 15) is 9.90 Å². The summed E-state index contributed by atoms with van der Waals surface area (Å²) < 4.78 is 11.0. The summed E-state index contributed by atoms with van der Waals surface area (Å²) in [7, 11) is 3.35. The molecular weight excluding hydrogens is 282 g/mol. The summed E-state index contributed by atoms with van der Waals surface area (Å²) in [4.78, 5) is 10.8. The minimum Gasteiger partial charge on any atom is -0.493 e. The van der Waals surface area contributed by atoms with E-state index >= 15 is 0 Å². The summed E-state index contributed by atoms with van der Waals surface area (Å²) in [5.74, 6) is 1.07. The third-order valence-corrected chi connectivity index (χ3v) is 3.24. The topological polar surface area (TPSA) is 67.8 Å². The normalized spacial score (nSPS) is 10.1. The van der Waals surface area contributed by atoms with E-state index in [1.807, 2.05) is 25.2 Å². The third kappa shape index (κ3) is 3.77. The number of aliphatic hydroxyl groups is 1. The van der Waals surface area contributed by atoms with Gasteiger partial charge >= 0.3 is 0 Å². The average Bonchev–Trinajstić information content (AvgIpc) is 2.59. The first-order valence-corrected chi connectivity index (χ1v) is 6.87. The van der Waals surface area contributed by atoms with Crippen LogP contribution >= 0.6 is 0 Å². The molecule has 5 nitrogen and oxygen atoms in total. The summed E-state index contributed by atoms with van der Waals surface area (Å²) in [6, 6.07) is 10.7. The molecule has 0 spiro atoms. The molecule has 2 aromatic rings. The number of carbonyl (C=O) groups excluding carboxylic acids is 1. The maximum absolute atomic E-state index is 10.8. The van der Waals surface area contributed by atoms with Gasteiger partial charge in [-0.25, -0.2) is 0 Å². The first-order valence-electron chi connectivity index (χ1n) is 6.87. The molecule has 0 amide bonds. The van der Waals surface area contributed by atoms with Crippen LogP contribution in [0.15, 0.2) is 36.4 Å². The van der Waals surface area contributed by atoms with Crippen LogP contribution in [0.3, 0.4) is 0 Å². The second kappa shape index (κ2) is 7.47. The number of hydrogen-bond acceptors (Lipinski definition) is 5. The Balaban J connectivity index is 2.17. The van der Waals surface area contributed by atoms with Gasteiger partial charge < -0.3 is 19.9 Å². The number of rotatable bonds is 7. The molecule has 2 N–H and O–H groups in total. The summed E-state index contributed by atoms with van der Waals surface area (Å²) in [5, 5.41) is 12.3. The van der Waals surface area contributed by atoms with E-state index in [-0.39, 0.29) is 6.61 Å². The number of benzene rings is 2. The lowest BCUT2D eigenvalue weighted by Crippen LogP contribution is -2.01. The Morgan fingerprint density at radius 1 is 1.14 bits per heavy atom. The van der Waals surface area contributed by atoms with Gasteiger partial charge in [0, 0.05) is 18.3 Å². The average molecular weight is 301 g/mol. The van der Waals surface area contributed by atoms with Crippen molar-refractivity contribution in [1.82, 2.24) is 0 Å². The maximum Gasteiger partial charge on any atom is 0.161 e. The number of aliphatic hydroxyl groups excluding tert-OH is 1. The molecule has 2 aromatic carbocycles. The Morgan fingerprint density at radius 3 is 2.55 bits per heavy atom. The lowest BCUT2D eigenvalue weighted by atomic mass is 10.1. The number of aldehydes is 1. The minimum absolute atomic E-state index is 0.0279. The van der Waals surface area contributed by atoms with Gasteiger partial charge in [-0.05, 0) is 47.5 Å². The molecule has 0 radical (unpaired) electrons. The van der Waals surface area contributed by atoms with Crippen LogP contribution in [-0.4, -0.2) is 25.6 Å². The first kappa shape index (κ1) is 15.9. The number of carbonyl (C=O) groups is 1. The Kier molecular flexibility index (Phi) is 5.38. The van der Waals surface area contributed by atoms with E-state index in [1.54, 1.807) is 18.2 Å². The van der Waals surface area contributed by atoms with Gasteiger partial charge in [0.15, 0.2) is 11.5 Å². The highest BCUT2D eigenvalue weighted by Crippen LogP contribution is 2.28. The van der Waals surface area contributed by atoms with Crippen LogP contribution in [0.4, 0.5) is 5.69 Å². The molecule has 2 rings (SSSR count). The van der Waals surface area contributed by atoms with E-state index in [0.717, 1.165) is 23.1 Å². The molecule has 0 aliphatic carbocycles. The molecule has 0 aromatic heterocycles. The van der Waals surface area contributed by atoms with Gasteiger partial charge in [-0.15, -0.1) is 0 Å². The molecule has 22 heavy (non-hydrogen) atoms. The number of hydrogen-bond donors (Lipinski definition) is 2. The highest BCUT2D eigenvalue weighted by molar-refractivity contribution is 5.76. The Hall–Kier alpha value is -2.53. The molecule has 0 aliphatic heterocycles. The molecule has 0 heterocycles. The van der Waals surface area contributed by atoms with Gasteiger partial charge in [-0.1, -0.05) is 0 Å². The Morgan fingerprint density at radius 2 is 1.91 bits per heavy atom. The molecule has 116 valence electrons. The maximum atomic E-state index is 10.8. The van der Waals surface area contributed by atoms with Crippen LogP contribution in [0, 0.1) is 0 Å². The van der Waals surface area contributed by atoms with Crippen LogP contribution in [0.2, 0.25) is 0 Å². The fourth-order valence-corrected chi connectivity index (χ4v) is 2.12. The highest BCUT2D eigenvalue weighted by atomic mass is 16.5. The SMILES string of the molecule is CNc1cc(CO)cc(COc2ccc(C=O)cc2OC)c1. The standard InChI is InChI=1S/C17H19NO4/c1-18-15-6-13(10-20)5-14(7-15)11-22-16-4-3-12(9-19)8-17(16)21-2/h3-9,18,20H,10-11H2,1-2H3. The van der Waals surface area contributed by atoms with Gasteiger partial charge in [-0.3, -0.25) is 4.79 Å². The van der Waals surface area contributed by atoms with Gasteiger partial charge in [0.2, 0.25) is 0 Å². The smallest absolute Gasteiger partial charge is 0.161 e. The zero-order valence-electron chi connectivity index (χ0n) is 12.6. The van der Waals surface area contributed by atoms with Crippen molar-refractivity contribution in [1.29, 1.82) is 0 Å². The van der Waals surface area contributed by atoms with Crippen molar-refractivity contribution in [3.8, 4) is 11.5 Å². The highest BCUT2D eigenvalue weighted by Gasteiger charge is 2.07. The number of anilines is 1. The monoisotopic (exact) mass is 301 g/mol. The summed E-state index contributed by atoms with van der Waals surface area (Å²) in [6.07, 6.45) is 0.760. The minimum atomic E-state index is -0.0279. The summed E-state index contributed by atoms with van der Waals surface area (Å²) in [6.45, 7) is 0.305. The van der Waals surface area contributed by atoms with Gasteiger partial charge in [0.1, 0.15) is 12.9 Å². The van der Waals surface area contributed by atoms with Crippen LogP contribution in [0.1, 0.15) is 21.5 Å². The second-order valence-corrected chi connectivity index (χ2v) is 4.76. The Bertz CT molecular complexity index is 633. The van der Waals surface area contributed by atoms with Crippen molar-refractivity contribution in [3.05, 3.63) is 53.1 Å². The number of nitrogens with one attached hydrogen (secondary N) is 1. The van der Waals surface area contributed by atoms with Gasteiger partial charge in [0.25, 0.3) is 0 Å². The van der Waals surface area contributed by atoms with Crippen molar-refractivity contribution >= 4 is 12.0 Å². The van der Waals surface area contributed by atoms with Crippen molar-refractivity contribution in [2.45, 2.75) is 13.2 Å². The predicted octanol–water partition coefficient (Wildman–Crippen LogP) is 2.62. The third-order valence-electron chi connectivity index (χ3n) is 3.24. The van der Waals surface area contributed by atoms with Crippen LogP contribution < -0.4 is 14.8 Å². The molecule has 0 unspecified atom stereocenters. The van der Waals surface area contributed by atoms with E-state index in [2.05, 4.69) is 5.32 Å². The second-order valence-electron chi connectivity index (χ2n) is 4.76. The van der Waals surface area contributed by atoms with Crippen LogP contribution in [0.25, 0.3) is 0 Å². The van der Waals surface area contributed by atoms with Gasteiger partial charge in [-0.2, -0.15) is 0 Å². The first-order chi connectivity index (χ1) is 10.7. The van der Waals surface area contributed by atoms with Crippen LogP contribution in [-0.2, 0) is 13.2 Å². The quantitative estimate of drug-likeness (QED) is 0.769. The number of ether oxygens (including phenoxy) is 2. The molecule has 0 atom stereocenters. The molecular formula is C17H19NO4. The van der Waals surface area contributed by atoms with Crippen molar-refractivity contribution < 1.29 is 19.4 Å². The van der Waals surface area contributed by atoms with E-state index in [1.165, 1.54) is 7.11 Å². The zero-order valence-corrected chi connectivity index (χ0v) is 12.6. The zero-order chi connectivity index (χ0) is 15.9. The molecule has 0 fully saturated rings. The van der Waals surface area contributed by atoms with E-state index in [0.29, 0.717) is 23.7 Å². The Labute approximate surface area is 129 Å². The van der Waals surface area contributed by atoms with E-state index in [4.69, 9.17) is 9.47 Å². The molecule has 0 bridgehead atoms. The largest absolute Gasteiger partial charge is 0.493 e. The summed E-state index contributed by atoms with van der Waals surface area (Å²) in [5.41, 5.74) is 3.18. The van der Waals surface area contributed by atoms with Gasteiger partial charge in [0.05, 0.1) is 13.7 Å². The summed E-state index contributed by atoms with van der Waals surface area (Å²) >= 11 is 0. The lowest BCUT2D eigenvalue weighted by Gasteiger charge is -2.13. The molecule has 5 heteroatoms. The molecule has 0 saturated carbocycles. The lowest BCUT2D eigenvalue weighted by molar-refractivity contribution is 0.112. The predicted molar refractivity (Wildman–Crippen MR) is 84.6 cm³/mol. The fraction of sp³-hybridized carbons (Fsp3) is 0.235. The molecule has 0 aliphatic rings. The van der Waals surface area contributed by atoms with Crippen molar-refractivity contribution in [2.24, 2.45) is 0 Å². The van der Waals surface area contributed by atoms with Crippen molar-refractivity contribution in [2.75, 3.05) is 19.5 Å². The van der Waals surface area contributed by atoms with Crippen molar-refractivity contribution in [3.63, 3.8) is 0 Å². The van der Waals surface area contributed by atoms with Crippen LogP contribution in [0.5, 0.6) is 11.5 Å². The number of methoxy groups -OCH3 is 1.